The molecule has 1 atom stereocenters. The second-order valence-corrected chi connectivity index (χ2v) is 5.97. The Bertz CT molecular complexity index is 458. The van der Waals surface area contributed by atoms with Gasteiger partial charge in [0.1, 0.15) is 11.6 Å². The van der Waals surface area contributed by atoms with Crippen LogP contribution >= 0.6 is 0 Å². The fourth-order valence-electron chi connectivity index (χ4n) is 2.41. The number of aryl methyl sites for hydroxylation is 1. The van der Waals surface area contributed by atoms with Gasteiger partial charge in [-0.25, -0.2) is 9.67 Å². The van der Waals surface area contributed by atoms with Crippen molar-refractivity contribution in [2.45, 2.75) is 59.0 Å². The SMILES string of the molecule is Cc1nc([C@@H](C)N2CCCC2=O)n(C(C)(C)C)n1. The molecule has 1 saturated heterocycles. The maximum Gasteiger partial charge on any atom is 0.223 e. The standard InChI is InChI=1S/C13H22N4O/c1-9(16-8-6-7-11(16)18)12-14-10(2)15-17(12)13(3,4)5/h9H,6-8H2,1-5H3/t9-/m1/s1. The predicted octanol–water partition coefficient (Wildman–Crippen LogP) is 2.02. The Morgan fingerprint density at radius 1 is 1.33 bits per heavy atom. The third-order valence-electron chi connectivity index (χ3n) is 3.32. The van der Waals surface area contributed by atoms with Gasteiger partial charge in [-0.05, 0) is 41.0 Å². The Morgan fingerprint density at radius 2 is 2.00 bits per heavy atom. The first-order valence-electron chi connectivity index (χ1n) is 6.54. The van der Waals surface area contributed by atoms with E-state index in [1.54, 1.807) is 0 Å². The molecule has 0 aromatic carbocycles. The molecule has 1 aromatic heterocycles. The van der Waals surface area contributed by atoms with Crippen LogP contribution in [0.25, 0.3) is 0 Å². The lowest BCUT2D eigenvalue weighted by molar-refractivity contribution is -0.129. The third kappa shape index (κ3) is 2.26. The molecule has 1 fully saturated rings. The van der Waals surface area contributed by atoms with Gasteiger partial charge in [0.2, 0.25) is 5.91 Å². The summed E-state index contributed by atoms with van der Waals surface area (Å²) < 4.78 is 1.94. The molecular formula is C13H22N4O. The minimum atomic E-state index is -0.117. The first kappa shape index (κ1) is 13.1. The van der Waals surface area contributed by atoms with Gasteiger partial charge in [-0.1, -0.05) is 0 Å². The lowest BCUT2D eigenvalue weighted by atomic mass is 10.1. The third-order valence-corrected chi connectivity index (χ3v) is 3.32. The van der Waals surface area contributed by atoms with E-state index in [2.05, 4.69) is 30.9 Å². The quantitative estimate of drug-likeness (QED) is 0.807. The lowest BCUT2D eigenvalue weighted by Crippen LogP contribution is -2.33. The Balaban J connectivity index is 2.35. The van der Waals surface area contributed by atoms with E-state index in [4.69, 9.17) is 0 Å². The number of carbonyl (C=O) groups excluding carboxylic acids is 1. The minimum absolute atomic E-state index is 0.000394. The monoisotopic (exact) mass is 250 g/mol. The summed E-state index contributed by atoms with van der Waals surface area (Å²) in [5, 5.41) is 4.47. The largest absolute Gasteiger partial charge is 0.333 e. The van der Waals surface area contributed by atoms with E-state index < -0.39 is 0 Å². The highest BCUT2D eigenvalue weighted by Crippen LogP contribution is 2.27. The van der Waals surface area contributed by atoms with E-state index in [0.717, 1.165) is 24.6 Å². The summed E-state index contributed by atoms with van der Waals surface area (Å²) in [6, 6.07) is 0.000394. The summed E-state index contributed by atoms with van der Waals surface area (Å²) in [6.07, 6.45) is 1.61. The van der Waals surface area contributed by atoms with Crippen LogP contribution in [0.5, 0.6) is 0 Å². The van der Waals surface area contributed by atoms with Crippen LogP contribution in [-0.2, 0) is 10.3 Å². The highest BCUT2D eigenvalue weighted by atomic mass is 16.2. The number of hydrogen-bond acceptors (Lipinski definition) is 3. The Morgan fingerprint density at radius 3 is 2.50 bits per heavy atom. The van der Waals surface area contributed by atoms with Gasteiger partial charge in [0.25, 0.3) is 0 Å². The van der Waals surface area contributed by atoms with Gasteiger partial charge in [-0.3, -0.25) is 4.79 Å². The molecule has 5 nitrogen and oxygen atoms in total. The van der Waals surface area contributed by atoms with Crippen LogP contribution in [0, 0.1) is 6.92 Å². The molecule has 2 heterocycles. The molecule has 0 bridgehead atoms. The molecule has 1 aromatic rings. The summed E-state index contributed by atoms with van der Waals surface area (Å²) in [4.78, 5) is 18.2. The van der Waals surface area contributed by atoms with E-state index in [1.165, 1.54) is 0 Å². The van der Waals surface area contributed by atoms with E-state index in [0.29, 0.717) is 6.42 Å². The van der Waals surface area contributed by atoms with Crippen LogP contribution in [-0.4, -0.2) is 32.1 Å². The zero-order valence-corrected chi connectivity index (χ0v) is 11.9. The number of aromatic nitrogens is 3. The van der Waals surface area contributed by atoms with Gasteiger partial charge < -0.3 is 4.90 Å². The van der Waals surface area contributed by atoms with Gasteiger partial charge in [-0.15, -0.1) is 0 Å². The van der Waals surface area contributed by atoms with Gasteiger partial charge in [0.05, 0.1) is 11.6 Å². The highest BCUT2D eigenvalue weighted by molar-refractivity contribution is 5.78. The van der Waals surface area contributed by atoms with Gasteiger partial charge in [0.15, 0.2) is 0 Å². The summed E-state index contributed by atoms with van der Waals surface area (Å²) in [6.45, 7) is 11.1. The van der Waals surface area contributed by atoms with Crippen LogP contribution in [0.2, 0.25) is 0 Å². The van der Waals surface area contributed by atoms with Crippen molar-refractivity contribution in [1.29, 1.82) is 0 Å². The van der Waals surface area contributed by atoms with Gasteiger partial charge >= 0.3 is 0 Å². The van der Waals surface area contributed by atoms with Crippen molar-refractivity contribution in [1.82, 2.24) is 19.7 Å². The van der Waals surface area contributed by atoms with Crippen molar-refractivity contribution in [3.8, 4) is 0 Å². The summed E-state index contributed by atoms with van der Waals surface area (Å²) >= 11 is 0. The number of hydrogen-bond donors (Lipinski definition) is 0. The van der Waals surface area contributed by atoms with E-state index in [-0.39, 0.29) is 17.5 Å². The minimum Gasteiger partial charge on any atom is -0.333 e. The van der Waals surface area contributed by atoms with E-state index in [9.17, 15) is 4.79 Å². The molecule has 5 heteroatoms. The molecule has 100 valence electrons. The van der Waals surface area contributed by atoms with Gasteiger partial charge in [0, 0.05) is 13.0 Å². The number of carbonyl (C=O) groups is 1. The first-order valence-corrected chi connectivity index (χ1v) is 6.54. The molecule has 0 N–H and O–H groups in total. The number of likely N-dealkylation sites (tertiary alicyclic amines) is 1. The average Bonchev–Trinajstić information content (AvgIpc) is 2.82. The molecule has 1 aliphatic rings. The second-order valence-electron chi connectivity index (χ2n) is 5.97. The first-order chi connectivity index (χ1) is 8.30. The van der Waals surface area contributed by atoms with Crippen LogP contribution in [0.4, 0.5) is 0 Å². The van der Waals surface area contributed by atoms with Crippen molar-refractivity contribution in [3.63, 3.8) is 0 Å². The zero-order valence-electron chi connectivity index (χ0n) is 11.9. The zero-order chi connectivity index (χ0) is 13.5. The topological polar surface area (TPSA) is 51.0 Å². The molecule has 2 rings (SSSR count). The molecule has 0 radical (unpaired) electrons. The molecule has 0 unspecified atom stereocenters. The summed E-state index contributed by atoms with van der Waals surface area (Å²) in [5.74, 6) is 1.87. The summed E-state index contributed by atoms with van der Waals surface area (Å²) in [7, 11) is 0. The molecule has 18 heavy (non-hydrogen) atoms. The maximum atomic E-state index is 11.8. The Labute approximate surface area is 108 Å². The molecule has 1 amide bonds. The fourth-order valence-corrected chi connectivity index (χ4v) is 2.41. The molecular weight excluding hydrogens is 228 g/mol. The smallest absolute Gasteiger partial charge is 0.223 e. The van der Waals surface area contributed by atoms with E-state index in [1.807, 2.05) is 23.4 Å². The Kier molecular flexibility index (Phi) is 3.17. The number of nitrogens with zero attached hydrogens (tertiary/aromatic N) is 4. The molecule has 0 spiro atoms. The fraction of sp³-hybridized carbons (Fsp3) is 0.769. The summed E-state index contributed by atoms with van der Waals surface area (Å²) in [5.41, 5.74) is -0.117. The Hall–Kier alpha value is -1.39. The highest BCUT2D eigenvalue weighted by Gasteiger charge is 2.31. The maximum absolute atomic E-state index is 11.8. The molecule has 0 saturated carbocycles. The van der Waals surface area contributed by atoms with Crippen LogP contribution in [0.15, 0.2) is 0 Å². The number of amides is 1. The predicted molar refractivity (Wildman–Crippen MR) is 69.1 cm³/mol. The van der Waals surface area contributed by atoms with Crippen molar-refractivity contribution >= 4 is 5.91 Å². The van der Waals surface area contributed by atoms with Crippen molar-refractivity contribution in [3.05, 3.63) is 11.6 Å². The molecule has 1 aliphatic heterocycles. The normalized spacial score (nSPS) is 18.5. The van der Waals surface area contributed by atoms with Crippen molar-refractivity contribution in [2.24, 2.45) is 0 Å². The van der Waals surface area contributed by atoms with Crippen LogP contribution < -0.4 is 0 Å². The molecule has 0 aliphatic carbocycles. The number of rotatable bonds is 2. The van der Waals surface area contributed by atoms with Gasteiger partial charge in [-0.2, -0.15) is 5.10 Å². The lowest BCUT2D eigenvalue weighted by Gasteiger charge is -2.28. The second kappa shape index (κ2) is 4.37. The van der Waals surface area contributed by atoms with Crippen LogP contribution in [0.1, 0.15) is 58.2 Å². The van der Waals surface area contributed by atoms with Crippen LogP contribution in [0.3, 0.4) is 0 Å². The average molecular weight is 250 g/mol. The van der Waals surface area contributed by atoms with E-state index >= 15 is 0 Å². The van der Waals surface area contributed by atoms with Crippen molar-refractivity contribution < 1.29 is 4.79 Å². The van der Waals surface area contributed by atoms with Crippen molar-refractivity contribution in [2.75, 3.05) is 6.54 Å².